The maximum atomic E-state index is 14.0. The van der Waals surface area contributed by atoms with Gasteiger partial charge in [-0.3, -0.25) is 4.90 Å². The molecule has 3 rings (SSSR count). The van der Waals surface area contributed by atoms with Gasteiger partial charge in [-0.05, 0) is 33.1 Å². The van der Waals surface area contributed by atoms with Crippen LogP contribution >= 0.6 is 27.5 Å². The Labute approximate surface area is 145 Å². The summed E-state index contributed by atoms with van der Waals surface area (Å²) in [7, 11) is 0. The maximum absolute atomic E-state index is 14.0. The molecule has 23 heavy (non-hydrogen) atoms. The van der Waals surface area contributed by atoms with Crippen molar-refractivity contribution in [2.75, 3.05) is 11.5 Å². The minimum absolute atomic E-state index is 0.101. The molecular formula is C16H12BrClFNO3. The summed E-state index contributed by atoms with van der Waals surface area (Å²) in [6.45, 7) is -0.441. The number of hydrogen-bond donors (Lipinski definition) is 2. The molecule has 120 valence electrons. The summed E-state index contributed by atoms with van der Waals surface area (Å²) in [5.74, 6) is -0.717. The monoisotopic (exact) mass is 399 g/mol. The highest BCUT2D eigenvalue weighted by molar-refractivity contribution is 9.10. The van der Waals surface area contributed by atoms with Gasteiger partial charge in [0.1, 0.15) is 11.4 Å². The van der Waals surface area contributed by atoms with Crippen molar-refractivity contribution < 1.29 is 19.4 Å². The molecular weight excluding hydrogens is 389 g/mol. The van der Waals surface area contributed by atoms with E-state index in [1.165, 1.54) is 0 Å². The largest absolute Gasteiger partial charge is 0.465 e. The second-order valence-corrected chi connectivity index (χ2v) is 6.51. The number of fused-ring (bicyclic) bond motifs is 1. The van der Waals surface area contributed by atoms with Gasteiger partial charge in [-0.1, -0.05) is 41.9 Å². The fourth-order valence-corrected chi connectivity index (χ4v) is 3.77. The van der Waals surface area contributed by atoms with Crippen LogP contribution in [0.3, 0.4) is 0 Å². The summed E-state index contributed by atoms with van der Waals surface area (Å²) in [5, 5.41) is 19.6. The molecule has 0 radical (unpaired) electrons. The predicted octanol–water partition coefficient (Wildman–Crippen LogP) is 4.17. The molecule has 2 N–H and O–H groups in total. The van der Waals surface area contributed by atoms with E-state index in [1.54, 1.807) is 30.3 Å². The van der Waals surface area contributed by atoms with E-state index >= 15 is 0 Å². The second kappa shape index (κ2) is 5.78. The first-order chi connectivity index (χ1) is 10.9. The third-order valence-corrected chi connectivity index (χ3v) is 5.62. The van der Waals surface area contributed by atoms with Crippen molar-refractivity contribution in [2.45, 2.75) is 12.0 Å². The van der Waals surface area contributed by atoms with Crippen LogP contribution < -0.4 is 4.90 Å². The first-order valence-corrected chi connectivity index (χ1v) is 7.95. The van der Waals surface area contributed by atoms with E-state index in [0.717, 1.165) is 11.0 Å². The number of aliphatic hydroxyl groups excluding tert-OH is 1. The summed E-state index contributed by atoms with van der Waals surface area (Å²) >= 11 is 9.16. The van der Waals surface area contributed by atoms with Crippen LogP contribution in [0.25, 0.3) is 0 Å². The molecule has 0 saturated heterocycles. The summed E-state index contributed by atoms with van der Waals surface area (Å²) in [4.78, 5) is 12.9. The van der Waals surface area contributed by atoms with Gasteiger partial charge < -0.3 is 10.2 Å². The Hall–Kier alpha value is -1.63. The quantitative estimate of drug-likeness (QED) is 0.744. The average Bonchev–Trinajstić information content (AvgIpc) is 2.89. The average molecular weight is 401 g/mol. The van der Waals surface area contributed by atoms with Crippen molar-refractivity contribution in [3.05, 3.63) is 62.8 Å². The fraction of sp³-hybridized carbons (Fsp3) is 0.188. The normalized spacial score (nSPS) is 19.7. The molecule has 0 bridgehead atoms. The topological polar surface area (TPSA) is 60.8 Å². The van der Waals surface area contributed by atoms with Gasteiger partial charge >= 0.3 is 6.09 Å². The number of nitrogens with zero attached hydrogens (tertiary/aromatic N) is 1. The summed E-state index contributed by atoms with van der Waals surface area (Å²) in [6, 6.07) is 9.90. The Balaban J connectivity index is 2.28. The standard InChI is InChI=1S/C16H12BrClFNO3/c17-13-10-7-16(8-21,9-4-2-1-3-5-9)20(15(22)23)12(10)6-11(19)14(13)18/h1-6,21H,7-8H2,(H,22,23). The van der Waals surface area contributed by atoms with Crippen molar-refractivity contribution in [3.63, 3.8) is 0 Å². The molecule has 1 aliphatic heterocycles. The highest BCUT2D eigenvalue weighted by Gasteiger charge is 2.49. The molecule has 1 atom stereocenters. The number of rotatable bonds is 2. The third kappa shape index (κ3) is 2.33. The molecule has 4 nitrogen and oxygen atoms in total. The van der Waals surface area contributed by atoms with Gasteiger partial charge in [0.2, 0.25) is 0 Å². The third-order valence-electron chi connectivity index (χ3n) is 4.14. The van der Waals surface area contributed by atoms with E-state index in [9.17, 15) is 19.4 Å². The first-order valence-electron chi connectivity index (χ1n) is 6.78. The lowest BCUT2D eigenvalue weighted by atomic mass is 9.87. The number of carbonyl (C=O) groups is 1. The molecule has 1 amide bonds. The van der Waals surface area contributed by atoms with E-state index in [4.69, 9.17) is 11.6 Å². The number of benzene rings is 2. The zero-order valence-electron chi connectivity index (χ0n) is 11.8. The molecule has 1 heterocycles. The van der Waals surface area contributed by atoms with Crippen molar-refractivity contribution in [2.24, 2.45) is 0 Å². The number of halogens is 3. The lowest BCUT2D eigenvalue weighted by Crippen LogP contribution is -2.49. The van der Waals surface area contributed by atoms with Crippen LogP contribution in [0.2, 0.25) is 5.02 Å². The lowest BCUT2D eigenvalue weighted by Gasteiger charge is -2.35. The Morgan fingerprint density at radius 3 is 2.61 bits per heavy atom. The van der Waals surface area contributed by atoms with Crippen molar-refractivity contribution in [3.8, 4) is 0 Å². The molecule has 0 aromatic heterocycles. The van der Waals surface area contributed by atoms with Crippen molar-refractivity contribution in [1.29, 1.82) is 0 Å². The molecule has 0 aliphatic carbocycles. The minimum atomic E-state index is -1.27. The molecule has 0 spiro atoms. The highest BCUT2D eigenvalue weighted by Crippen LogP contribution is 2.49. The number of amides is 1. The van der Waals surface area contributed by atoms with Gasteiger partial charge in [0, 0.05) is 10.9 Å². The Morgan fingerprint density at radius 2 is 2.04 bits per heavy atom. The number of carboxylic acid groups (broad SMARTS) is 1. The summed E-state index contributed by atoms with van der Waals surface area (Å²) in [6.07, 6.45) is -1.08. The SMILES string of the molecule is O=C(O)N1c2cc(F)c(Cl)c(Br)c2CC1(CO)c1ccccc1. The van der Waals surface area contributed by atoms with Crippen LogP contribution in [-0.2, 0) is 12.0 Å². The summed E-state index contributed by atoms with van der Waals surface area (Å²) in [5.41, 5.74) is 0.153. The Kier molecular flexibility index (Phi) is 4.08. The lowest BCUT2D eigenvalue weighted by molar-refractivity contribution is 0.164. The zero-order chi connectivity index (χ0) is 16.8. The Morgan fingerprint density at radius 1 is 1.39 bits per heavy atom. The second-order valence-electron chi connectivity index (χ2n) is 5.33. The maximum Gasteiger partial charge on any atom is 0.412 e. The molecule has 1 aliphatic rings. The van der Waals surface area contributed by atoms with Gasteiger partial charge in [-0.15, -0.1) is 0 Å². The Bertz CT molecular complexity index is 787. The van der Waals surface area contributed by atoms with E-state index in [2.05, 4.69) is 15.9 Å². The van der Waals surface area contributed by atoms with Gasteiger partial charge in [0.05, 0.1) is 17.3 Å². The molecule has 0 fully saturated rings. The number of anilines is 1. The van der Waals surface area contributed by atoms with E-state index in [1.807, 2.05) is 0 Å². The smallest absolute Gasteiger partial charge is 0.412 e. The fourth-order valence-electron chi connectivity index (χ4n) is 3.07. The summed E-state index contributed by atoms with van der Waals surface area (Å²) < 4.78 is 14.3. The van der Waals surface area contributed by atoms with Gasteiger partial charge in [0.25, 0.3) is 0 Å². The zero-order valence-corrected chi connectivity index (χ0v) is 14.1. The van der Waals surface area contributed by atoms with E-state index < -0.39 is 24.1 Å². The molecule has 2 aromatic rings. The molecule has 7 heteroatoms. The minimum Gasteiger partial charge on any atom is -0.465 e. The first kappa shape index (κ1) is 16.2. The van der Waals surface area contributed by atoms with Crippen molar-refractivity contribution in [1.82, 2.24) is 0 Å². The van der Waals surface area contributed by atoms with Crippen molar-refractivity contribution >= 4 is 39.3 Å². The van der Waals surface area contributed by atoms with Crippen LogP contribution in [-0.4, -0.2) is 22.9 Å². The van der Waals surface area contributed by atoms with E-state index in [-0.39, 0.29) is 17.1 Å². The number of aliphatic hydroxyl groups is 1. The van der Waals surface area contributed by atoms with Gasteiger partial charge in [-0.2, -0.15) is 0 Å². The van der Waals surface area contributed by atoms with Crippen LogP contribution in [0.4, 0.5) is 14.9 Å². The van der Waals surface area contributed by atoms with E-state index in [0.29, 0.717) is 15.6 Å². The van der Waals surface area contributed by atoms with Crippen LogP contribution in [0.5, 0.6) is 0 Å². The van der Waals surface area contributed by atoms with Crippen LogP contribution in [0.15, 0.2) is 40.9 Å². The van der Waals surface area contributed by atoms with Crippen LogP contribution in [0.1, 0.15) is 11.1 Å². The highest BCUT2D eigenvalue weighted by atomic mass is 79.9. The molecule has 2 aromatic carbocycles. The molecule has 0 saturated carbocycles. The van der Waals surface area contributed by atoms with Gasteiger partial charge in [0.15, 0.2) is 0 Å². The molecule has 1 unspecified atom stereocenters. The number of hydrogen-bond acceptors (Lipinski definition) is 2. The van der Waals surface area contributed by atoms with Crippen LogP contribution in [0, 0.1) is 5.82 Å². The predicted molar refractivity (Wildman–Crippen MR) is 88.5 cm³/mol. The van der Waals surface area contributed by atoms with Gasteiger partial charge in [-0.25, -0.2) is 9.18 Å².